The summed E-state index contributed by atoms with van der Waals surface area (Å²) in [6, 6.07) is 0. The summed E-state index contributed by atoms with van der Waals surface area (Å²) in [5.74, 6) is 0.469. The van der Waals surface area contributed by atoms with E-state index in [1.807, 2.05) is 20.8 Å². The second-order valence-electron chi connectivity index (χ2n) is 3.94. The molecule has 5 heteroatoms. The minimum absolute atomic E-state index is 0.114. The molecule has 0 fully saturated rings. The van der Waals surface area contributed by atoms with Crippen molar-refractivity contribution in [3.8, 4) is 0 Å². The lowest BCUT2D eigenvalue weighted by molar-refractivity contribution is -0.0200. The van der Waals surface area contributed by atoms with Crippen molar-refractivity contribution < 1.29 is 23.7 Å². The number of rotatable bonds is 8. The lowest BCUT2D eigenvalue weighted by Gasteiger charge is -2.14. The second-order valence-corrected chi connectivity index (χ2v) is 3.94. The Kier molecular flexibility index (Phi) is 15.5. The molecule has 1 unspecified atom stereocenters. The first-order chi connectivity index (χ1) is 8.56. The van der Waals surface area contributed by atoms with Crippen LogP contribution in [-0.4, -0.2) is 45.8 Å². The molecule has 0 bridgehead atoms. The highest BCUT2D eigenvalue weighted by molar-refractivity contribution is 5.59. The predicted octanol–water partition coefficient (Wildman–Crippen LogP) is 2.87. The van der Waals surface area contributed by atoms with Crippen molar-refractivity contribution in [3.63, 3.8) is 0 Å². The Morgan fingerprint density at radius 3 is 2.11 bits per heavy atom. The normalized spacial score (nSPS) is 11.5. The Bertz CT molecular complexity index is 182. The fourth-order valence-electron chi connectivity index (χ4n) is 0.840. The van der Waals surface area contributed by atoms with E-state index in [0.717, 1.165) is 0 Å². The minimum atomic E-state index is -0.683. The molecule has 0 saturated carbocycles. The molecule has 0 aliphatic rings. The summed E-state index contributed by atoms with van der Waals surface area (Å²) >= 11 is 0. The van der Waals surface area contributed by atoms with Gasteiger partial charge in [-0.15, -0.1) is 0 Å². The van der Waals surface area contributed by atoms with Crippen LogP contribution in [0, 0.1) is 5.92 Å². The Labute approximate surface area is 111 Å². The minimum Gasteiger partial charge on any atom is -0.432 e. The van der Waals surface area contributed by atoms with Gasteiger partial charge in [0.05, 0.1) is 12.7 Å². The van der Waals surface area contributed by atoms with Gasteiger partial charge in [-0.25, -0.2) is 4.79 Å². The zero-order chi connectivity index (χ0) is 14.4. The highest BCUT2D eigenvalue weighted by Gasteiger charge is 2.09. The average molecular weight is 264 g/mol. The number of methoxy groups -OCH3 is 1. The Morgan fingerprint density at radius 1 is 1.00 bits per heavy atom. The second kappa shape index (κ2) is 14.3. The standard InChI is InChI=1S/C11H22O5.C2H6/c1-9(2)7-15-10(3)8-16-11(12)14-6-5-13-4;1-2/h9-10H,5-8H2,1-4H3;1-2H3. The first-order valence-corrected chi connectivity index (χ1v) is 6.46. The SMILES string of the molecule is CC.COCCOC(=O)OCC(C)OCC(C)C. The van der Waals surface area contributed by atoms with Gasteiger partial charge < -0.3 is 18.9 Å². The molecule has 0 rings (SSSR count). The molecular formula is C13H28O5. The molecular weight excluding hydrogens is 236 g/mol. The monoisotopic (exact) mass is 264 g/mol. The smallest absolute Gasteiger partial charge is 0.432 e. The van der Waals surface area contributed by atoms with Gasteiger partial charge in [0, 0.05) is 13.7 Å². The molecule has 0 aromatic heterocycles. The van der Waals surface area contributed by atoms with Crippen molar-refractivity contribution in [1.29, 1.82) is 0 Å². The van der Waals surface area contributed by atoms with Crippen LogP contribution in [0.3, 0.4) is 0 Å². The maximum atomic E-state index is 11.0. The summed E-state index contributed by atoms with van der Waals surface area (Å²) in [4.78, 5) is 11.0. The number of hydrogen-bond acceptors (Lipinski definition) is 5. The van der Waals surface area contributed by atoms with Crippen LogP contribution in [0.5, 0.6) is 0 Å². The van der Waals surface area contributed by atoms with Crippen LogP contribution in [0.25, 0.3) is 0 Å². The van der Waals surface area contributed by atoms with Gasteiger partial charge in [0.1, 0.15) is 13.2 Å². The molecule has 110 valence electrons. The maximum absolute atomic E-state index is 11.0. The zero-order valence-corrected chi connectivity index (χ0v) is 12.5. The summed E-state index contributed by atoms with van der Waals surface area (Å²) in [6.45, 7) is 11.4. The molecule has 0 spiro atoms. The third kappa shape index (κ3) is 15.2. The van der Waals surface area contributed by atoms with Crippen LogP contribution in [0.1, 0.15) is 34.6 Å². The third-order valence-electron chi connectivity index (χ3n) is 1.66. The van der Waals surface area contributed by atoms with Gasteiger partial charge in [0.2, 0.25) is 0 Å². The number of ether oxygens (including phenoxy) is 4. The van der Waals surface area contributed by atoms with Crippen molar-refractivity contribution in [3.05, 3.63) is 0 Å². The molecule has 0 aliphatic heterocycles. The molecule has 0 aromatic carbocycles. The highest BCUT2D eigenvalue weighted by Crippen LogP contribution is 1.99. The molecule has 5 nitrogen and oxygen atoms in total. The molecule has 1 atom stereocenters. The highest BCUT2D eigenvalue weighted by atomic mass is 16.7. The molecule has 0 saturated heterocycles. The van der Waals surface area contributed by atoms with E-state index in [2.05, 4.69) is 13.8 Å². The summed E-state index contributed by atoms with van der Waals surface area (Å²) < 4.78 is 19.7. The summed E-state index contributed by atoms with van der Waals surface area (Å²) in [5, 5.41) is 0. The van der Waals surface area contributed by atoms with Gasteiger partial charge in [-0.3, -0.25) is 0 Å². The van der Waals surface area contributed by atoms with Crippen LogP contribution >= 0.6 is 0 Å². The van der Waals surface area contributed by atoms with Gasteiger partial charge in [-0.05, 0) is 12.8 Å². The van der Waals surface area contributed by atoms with Gasteiger partial charge in [0.25, 0.3) is 0 Å². The van der Waals surface area contributed by atoms with Crippen LogP contribution in [0.15, 0.2) is 0 Å². The summed E-state index contributed by atoms with van der Waals surface area (Å²) in [6.07, 6.45) is -0.797. The van der Waals surface area contributed by atoms with Crippen molar-refractivity contribution in [2.75, 3.05) is 33.5 Å². The van der Waals surface area contributed by atoms with Crippen LogP contribution < -0.4 is 0 Å². The summed E-state index contributed by atoms with van der Waals surface area (Å²) in [7, 11) is 1.54. The van der Waals surface area contributed by atoms with Gasteiger partial charge in [-0.1, -0.05) is 27.7 Å². The van der Waals surface area contributed by atoms with Crippen molar-refractivity contribution in [2.45, 2.75) is 40.7 Å². The van der Waals surface area contributed by atoms with E-state index in [1.165, 1.54) is 7.11 Å². The molecule has 0 aliphatic carbocycles. The van der Waals surface area contributed by atoms with E-state index in [1.54, 1.807) is 0 Å². The first kappa shape index (κ1) is 19.5. The van der Waals surface area contributed by atoms with E-state index in [0.29, 0.717) is 19.1 Å². The van der Waals surface area contributed by atoms with Gasteiger partial charge in [0.15, 0.2) is 0 Å². The lowest BCUT2D eigenvalue weighted by Crippen LogP contribution is -2.22. The molecule has 0 N–H and O–H groups in total. The maximum Gasteiger partial charge on any atom is 0.508 e. The fourth-order valence-corrected chi connectivity index (χ4v) is 0.840. The third-order valence-corrected chi connectivity index (χ3v) is 1.66. The number of carbonyl (C=O) groups excluding carboxylic acids is 1. The predicted molar refractivity (Wildman–Crippen MR) is 70.8 cm³/mol. The van der Waals surface area contributed by atoms with Gasteiger partial charge >= 0.3 is 6.16 Å². The fraction of sp³-hybridized carbons (Fsp3) is 0.923. The van der Waals surface area contributed by atoms with Crippen LogP contribution in [0.4, 0.5) is 4.79 Å². The van der Waals surface area contributed by atoms with E-state index in [4.69, 9.17) is 18.9 Å². The first-order valence-electron chi connectivity index (χ1n) is 6.46. The molecule has 18 heavy (non-hydrogen) atoms. The zero-order valence-electron chi connectivity index (χ0n) is 12.5. The molecule has 0 aromatic rings. The van der Waals surface area contributed by atoms with Gasteiger partial charge in [-0.2, -0.15) is 0 Å². The van der Waals surface area contributed by atoms with E-state index in [-0.39, 0.29) is 19.3 Å². The number of hydrogen-bond donors (Lipinski definition) is 0. The van der Waals surface area contributed by atoms with E-state index in [9.17, 15) is 4.79 Å². The number of carbonyl (C=O) groups is 1. The van der Waals surface area contributed by atoms with Crippen LogP contribution in [0.2, 0.25) is 0 Å². The largest absolute Gasteiger partial charge is 0.508 e. The van der Waals surface area contributed by atoms with E-state index < -0.39 is 6.16 Å². The van der Waals surface area contributed by atoms with Crippen LogP contribution in [-0.2, 0) is 18.9 Å². The van der Waals surface area contributed by atoms with Crippen molar-refractivity contribution in [1.82, 2.24) is 0 Å². The summed E-state index contributed by atoms with van der Waals surface area (Å²) in [5.41, 5.74) is 0. The Morgan fingerprint density at radius 2 is 1.61 bits per heavy atom. The average Bonchev–Trinajstić information content (AvgIpc) is 2.36. The molecule has 0 heterocycles. The molecule has 0 radical (unpaired) electrons. The molecule has 0 amide bonds. The van der Waals surface area contributed by atoms with Crippen molar-refractivity contribution >= 4 is 6.16 Å². The Balaban J connectivity index is 0. The topological polar surface area (TPSA) is 54.0 Å². The lowest BCUT2D eigenvalue weighted by atomic mass is 10.2. The quantitative estimate of drug-likeness (QED) is 0.498. The van der Waals surface area contributed by atoms with Crippen molar-refractivity contribution in [2.24, 2.45) is 5.92 Å². The Hall–Kier alpha value is -0.810. The van der Waals surface area contributed by atoms with E-state index >= 15 is 0 Å².